The van der Waals surface area contributed by atoms with Gasteiger partial charge >= 0.3 is 0 Å². The summed E-state index contributed by atoms with van der Waals surface area (Å²) in [5.74, 6) is 0.330. The number of anilines is 2. The van der Waals surface area contributed by atoms with E-state index in [4.69, 9.17) is 0 Å². The van der Waals surface area contributed by atoms with Gasteiger partial charge in [0.2, 0.25) is 0 Å². The molecule has 0 amide bonds. The molecule has 0 saturated carbocycles. The highest BCUT2D eigenvalue weighted by Gasteiger charge is 2.27. The number of halogens is 2. The van der Waals surface area contributed by atoms with E-state index in [0.717, 1.165) is 0 Å². The molecule has 164 valence electrons. The van der Waals surface area contributed by atoms with Gasteiger partial charge in [-0.1, -0.05) is 55.5 Å². The summed E-state index contributed by atoms with van der Waals surface area (Å²) in [6.45, 7) is 2.32. The Labute approximate surface area is 217 Å². The van der Waals surface area contributed by atoms with Crippen molar-refractivity contribution >= 4 is 86.3 Å². The van der Waals surface area contributed by atoms with E-state index in [-0.39, 0.29) is 6.04 Å². The highest BCUT2D eigenvalue weighted by Crippen LogP contribution is 2.46. The van der Waals surface area contributed by atoms with Gasteiger partial charge in [-0.05, 0) is 74.3 Å². The molecular weight excluding hydrogens is 576 g/mol. The van der Waals surface area contributed by atoms with Crippen LogP contribution in [-0.2, 0) is 0 Å². The fourth-order valence-electron chi connectivity index (χ4n) is 4.71. The van der Waals surface area contributed by atoms with Crippen LogP contribution in [0.5, 0.6) is 0 Å². The molecule has 2 nitrogen and oxygen atoms in total. The predicted molar refractivity (Wildman–Crippen MR) is 151 cm³/mol. The molecule has 1 aliphatic rings. The van der Waals surface area contributed by atoms with Crippen molar-refractivity contribution in [2.75, 3.05) is 4.90 Å². The van der Waals surface area contributed by atoms with Crippen LogP contribution < -0.4 is 4.90 Å². The number of allylic oxidation sites excluding steroid dienone is 3. The second-order valence-corrected chi connectivity index (χ2v) is 13.1. The van der Waals surface area contributed by atoms with Crippen LogP contribution in [0.15, 0.2) is 104 Å². The fourth-order valence-corrected chi connectivity index (χ4v) is 8.01. The number of para-hydroxylation sites is 2. The summed E-state index contributed by atoms with van der Waals surface area (Å²) in [6, 6.07) is 26.0. The van der Waals surface area contributed by atoms with Gasteiger partial charge in [0.05, 0.1) is 34.0 Å². The van der Waals surface area contributed by atoms with Gasteiger partial charge in [0, 0.05) is 23.0 Å². The van der Waals surface area contributed by atoms with Gasteiger partial charge in [-0.15, -0.1) is 22.7 Å². The van der Waals surface area contributed by atoms with Gasteiger partial charge in [0.1, 0.15) is 0 Å². The number of rotatable bonds is 4. The topological polar surface area (TPSA) is 8.17 Å². The standard InChI is InChI=1S/C27H20Br2N2S2/c1-17-14-20(30(18-8-4-2-5-9-18)19-10-6-3-7-11-19)12-13-21(17)31-22-15-24(28)32-26(22)27-23(31)16-25(29)33-27/h2-17,21H,1H3. The minimum atomic E-state index is 0.255. The summed E-state index contributed by atoms with van der Waals surface area (Å²) < 4.78 is 7.58. The lowest BCUT2D eigenvalue weighted by molar-refractivity contribution is 0.506. The number of hydrogen-bond donors (Lipinski definition) is 0. The average molecular weight is 596 g/mol. The molecule has 0 aliphatic heterocycles. The van der Waals surface area contributed by atoms with Crippen LogP contribution in [0.1, 0.15) is 13.0 Å². The second kappa shape index (κ2) is 8.58. The molecule has 1 aliphatic carbocycles. The molecule has 3 aromatic heterocycles. The molecule has 2 atom stereocenters. The third-order valence-electron chi connectivity index (χ3n) is 6.11. The molecule has 5 aromatic rings. The zero-order chi connectivity index (χ0) is 22.5. The highest BCUT2D eigenvalue weighted by atomic mass is 79.9. The second-order valence-electron chi connectivity index (χ2n) is 8.21. The monoisotopic (exact) mass is 594 g/mol. The molecule has 0 radical (unpaired) electrons. The van der Waals surface area contributed by atoms with Crippen molar-refractivity contribution in [2.24, 2.45) is 5.92 Å². The summed E-state index contributed by atoms with van der Waals surface area (Å²) in [5, 5.41) is 0. The molecule has 0 spiro atoms. The van der Waals surface area contributed by atoms with Crippen molar-refractivity contribution in [3.8, 4) is 0 Å². The predicted octanol–water partition coefficient (Wildman–Crippen LogP) is 9.91. The maximum Gasteiger partial charge on any atom is 0.0726 e. The maximum absolute atomic E-state index is 3.71. The van der Waals surface area contributed by atoms with E-state index >= 15 is 0 Å². The Morgan fingerprint density at radius 1 is 0.788 bits per heavy atom. The molecule has 0 saturated heterocycles. The Hall–Kier alpha value is -2.12. The van der Waals surface area contributed by atoms with Gasteiger partial charge in [-0.25, -0.2) is 0 Å². The van der Waals surface area contributed by atoms with Crippen LogP contribution in [0, 0.1) is 5.92 Å². The van der Waals surface area contributed by atoms with Crippen molar-refractivity contribution in [1.82, 2.24) is 4.57 Å². The Morgan fingerprint density at radius 2 is 1.30 bits per heavy atom. The zero-order valence-electron chi connectivity index (χ0n) is 17.8. The van der Waals surface area contributed by atoms with Crippen LogP contribution in [0.3, 0.4) is 0 Å². The molecule has 2 unspecified atom stereocenters. The van der Waals surface area contributed by atoms with Gasteiger partial charge in [0.15, 0.2) is 0 Å². The highest BCUT2D eigenvalue weighted by molar-refractivity contribution is 9.11. The van der Waals surface area contributed by atoms with Crippen LogP contribution in [0.2, 0.25) is 0 Å². The summed E-state index contributed by atoms with van der Waals surface area (Å²) >= 11 is 11.1. The molecule has 3 heterocycles. The Morgan fingerprint density at radius 3 is 1.79 bits per heavy atom. The first kappa shape index (κ1) is 21.4. The minimum absolute atomic E-state index is 0.255. The van der Waals surface area contributed by atoms with E-state index in [1.807, 2.05) is 22.7 Å². The first-order chi connectivity index (χ1) is 16.1. The van der Waals surface area contributed by atoms with Crippen molar-refractivity contribution in [2.45, 2.75) is 13.0 Å². The third-order valence-corrected chi connectivity index (χ3v) is 9.53. The molecule has 33 heavy (non-hydrogen) atoms. The van der Waals surface area contributed by atoms with Crippen molar-refractivity contribution in [1.29, 1.82) is 0 Å². The number of nitrogens with zero attached hydrogens (tertiary/aromatic N) is 2. The smallest absolute Gasteiger partial charge is 0.0726 e. The van der Waals surface area contributed by atoms with Crippen molar-refractivity contribution < 1.29 is 0 Å². The third kappa shape index (κ3) is 3.73. The van der Waals surface area contributed by atoms with E-state index in [2.05, 4.69) is 139 Å². The van der Waals surface area contributed by atoms with E-state index in [1.165, 1.54) is 45.1 Å². The molecule has 0 N–H and O–H groups in total. The number of aromatic nitrogens is 1. The number of benzene rings is 2. The summed E-state index contributed by atoms with van der Waals surface area (Å²) in [4.78, 5) is 2.34. The number of fused-ring (bicyclic) bond motifs is 3. The quantitative estimate of drug-likeness (QED) is 0.201. The van der Waals surface area contributed by atoms with Crippen LogP contribution in [0.4, 0.5) is 11.4 Å². The van der Waals surface area contributed by atoms with E-state index < -0.39 is 0 Å². The maximum atomic E-state index is 3.71. The van der Waals surface area contributed by atoms with Crippen molar-refractivity contribution in [3.05, 3.63) is 104 Å². The summed E-state index contributed by atoms with van der Waals surface area (Å²) in [6.07, 6.45) is 7.06. The Kier molecular flexibility index (Phi) is 5.57. The fraction of sp³-hybridized carbons (Fsp3) is 0.111. The number of thiophene rings is 2. The molecular formula is C27H20Br2N2S2. The van der Waals surface area contributed by atoms with Crippen LogP contribution in [0.25, 0.3) is 20.4 Å². The molecule has 0 fully saturated rings. The normalized spacial score (nSPS) is 18.2. The summed E-state index contributed by atoms with van der Waals surface area (Å²) in [7, 11) is 0. The molecule has 0 bridgehead atoms. The summed E-state index contributed by atoms with van der Waals surface area (Å²) in [5.41, 5.74) is 6.15. The largest absolute Gasteiger partial charge is 0.331 e. The van der Waals surface area contributed by atoms with Crippen LogP contribution in [-0.4, -0.2) is 4.57 Å². The van der Waals surface area contributed by atoms with E-state index in [1.54, 1.807) is 0 Å². The molecule has 6 rings (SSSR count). The minimum Gasteiger partial charge on any atom is -0.331 e. The first-order valence-electron chi connectivity index (χ1n) is 10.8. The van der Waals surface area contributed by atoms with Crippen LogP contribution >= 0.6 is 54.5 Å². The average Bonchev–Trinajstić information content (AvgIpc) is 3.45. The Balaban J connectivity index is 1.45. The lowest BCUT2D eigenvalue weighted by atomic mass is 9.94. The van der Waals surface area contributed by atoms with Gasteiger partial charge in [-0.3, -0.25) is 0 Å². The number of hydrogen-bond acceptors (Lipinski definition) is 3. The molecule has 2 aromatic carbocycles. The first-order valence-corrected chi connectivity index (χ1v) is 14.0. The van der Waals surface area contributed by atoms with Gasteiger partial charge < -0.3 is 9.47 Å². The lowest BCUT2D eigenvalue weighted by Gasteiger charge is -2.32. The van der Waals surface area contributed by atoms with E-state index in [9.17, 15) is 0 Å². The Bertz CT molecular complexity index is 1420. The molecule has 6 heteroatoms. The SMILES string of the molecule is CC1C=C(N(c2ccccc2)c2ccccc2)C=CC1n1c2cc(Br)sc2c2sc(Br)cc21. The van der Waals surface area contributed by atoms with Gasteiger partial charge in [0.25, 0.3) is 0 Å². The lowest BCUT2D eigenvalue weighted by Crippen LogP contribution is -2.22. The van der Waals surface area contributed by atoms with E-state index in [0.29, 0.717) is 5.92 Å². The zero-order valence-corrected chi connectivity index (χ0v) is 22.6. The van der Waals surface area contributed by atoms with Gasteiger partial charge in [-0.2, -0.15) is 0 Å². The van der Waals surface area contributed by atoms with Crippen molar-refractivity contribution in [3.63, 3.8) is 0 Å².